The monoisotopic (exact) mass is 407 g/mol. The number of aryl methyl sites for hydroxylation is 1. The summed E-state index contributed by atoms with van der Waals surface area (Å²) in [6, 6.07) is 12.8. The maximum absolute atomic E-state index is 13.3. The largest absolute Gasteiger partial charge is 0.342 e. The molecular formula is C23H22FN3OS. The van der Waals surface area contributed by atoms with Crippen molar-refractivity contribution in [1.29, 1.82) is 0 Å². The number of fused-ring (bicyclic) bond motifs is 1. The summed E-state index contributed by atoms with van der Waals surface area (Å²) in [5.74, 6) is -0.350. The van der Waals surface area contributed by atoms with Crippen LogP contribution in [0.2, 0.25) is 0 Å². The van der Waals surface area contributed by atoms with Crippen molar-refractivity contribution < 1.29 is 9.18 Å². The van der Waals surface area contributed by atoms with Crippen molar-refractivity contribution in [3.63, 3.8) is 0 Å². The Balaban J connectivity index is 1.85. The molecule has 0 bridgehead atoms. The van der Waals surface area contributed by atoms with E-state index in [1.54, 1.807) is 24.1 Å². The first-order valence-corrected chi connectivity index (χ1v) is 9.94. The molecule has 1 aromatic heterocycles. The summed E-state index contributed by atoms with van der Waals surface area (Å²) < 4.78 is 15.5. The number of nitrogens with zero attached hydrogens (tertiary/aromatic N) is 3. The second-order valence-corrected chi connectivity index (χ2v) is 7.61. The van der Waals surface area contributed by atoms with Crippen LogP contribution >= 0.6 is 12.2 Å². The lowest BCUT2D eigenvalue weighted by molar-refractivity contribution is -0.121. The number of carbonyl (C=O) groups is 1. The molecule has 0 aliphatic carbocycles. The first kappa shape index (κ1) is 19.3. The highest BCUT2D eigenvalue weighted by atomic mass is 32.1. The Labute approximate surface area is 174 Å². The lowest BCUT2D eigenvalue weighted by atomic mass is 10.1. The third-order valence-corrected chi connectivity index (χ3v) is 5.96. The molecule has 0 atom stereocenters. The van der Waals surface area contributed by atoms with E-state index in [1.165, 1.54) is 22.6 Å². The van der Waals surface area contributed by atoms with Gasteiger partial charge in [0.05, 0.1) is 5.52 Å². The molecule has 0 N–H and O–H groups in total. The van der Waals surface area contributed by atoms with E-state index >= 15 is 0 Å². The Hall–Kier alpha value is -2.99. The molecule has 4 nitrogen and oxygen atoms in total. The second kappa shape index (κ2) is 7.44. The number of aromatic nitrogens is 1. The van der Waals surface area contributed by atoms with Gasteiger partial charge in [-0.05, 0) is 48.0 Å². The number of hydrogen-bond acceptors (Lipinski definition) is 2. The number of hydrogen-bond donors (Lipinski definition) is 0. The van der Waals surface area contributed by atoms with Gasteiger partial charge in [0.1, 0.15) is 11.5 Å². The summed E-state index contributed by atoms with van der Waals surface area (Å²) in [5.41, 5.74) is 4.90. The predicted octanol–water partition coefficient (Wildman–Crippen LogP) is 4.42. The van der Waals surface area contributed by atoms with E-state index in [0.717, 1.165) is 28.5 Å². The minimum atomic E-state index is -0.242. The number of halogens is 1. The molecule has 2 heterocycles. The quantitative estimate of drug-likeness (QED) is 0.473. The number of amides is 1. The molecule has 29 heavy (non-hydrogen) atoms. The summed E-state index contributed by atoms with van der Waals surface area (Å²) in [5, 5.41) is 1.58. The molecule has 1 amide bonds. The lowest BCUT2D eigenvalue weighted by Crippen LogP contribution is -2.26. The summed E-state index contributed by atoms with van der Waals surface area (Å²) >= 11 is 5.33. The number of rotatable bonds is 4. The van der Waals surface area contributed by atoms with Crippen molar-refractivity contribution >= 4 is 40.2 Å². The van der Waals surface area contributed by atoms with Crippen LogP contribution in [-0.2, 0) is 17.8 Å². The van der Waals surface area contributed by atoms with E-state index < -0.39 is 0 Å². The van der Waals surface area contributed by atoms with E-state index in [0.29, 0.717) is 17.4 Å². The van der Waals surface area contributed by atoms with Gasteiger partial charge in [0, 0.05) is 37.8 Å². The molecular weight excluding hydrogens is 385 g/mol. The molecule has 148 valence electrons. The molecule has 1 saturated heterocycles. The molecule has 0 spiro atoms. The normalized spacial score (nSPS) is 15.9. The summed E-state index contributed by atoms with van der Waals surface area (Å²) in [4.78, 5) is 15.8. The fraction of sp³-hybridized carbons (Fsp3) is 0.217. The van der Waals surface area contributed by atoms with E-state index in [9.17, 15) is 9.18 Å². The van der Waals surface area contributed by atoms with Gasteiger partial charge in [0.2, 0.25) is 0 Å². The average molecular weight is 408 g/mol. The summed E-state index contributed by atoms with van der Waals surface area (Å²) in [6.07, 6.45) is 4.86. The molecule has 2 aromatic carbocycles. The number of thiocarbonyl (C=S) groups is 1. The van der Waals surface area contributed by atoms with Gasteiger partial charge in [-0.15, -0.1) is 0 Å². The van der Waals surface area contributed by atoms with Crippen LogP contribution in [0.3, 0.4) is 0 Å². The maximum Gasteiger partial charge on any atom is 0.276 e. The third-order valence-electron chi connectivity index (χ3n) is 5.41. The van der Waals surface area contributed by atoms with Gasteiger partial charge in [-0.3, -0.25) is 9.69 Å². The molecule has 1 fully saturated rings. The van der Waals surface area contributed by atoms with Gasteiger partial charge in [-0.1, -0.05) is 37.3 Å². The van der Waals surface area contributed by atoms with Crippen LogP contribution in [0, 0.1) is 5.82 Å². The van der Waals surface area contributed by atoms with Gasteiger partial charge in [0.15, 0.2) is 5.11 Å². The van der Waals surface area contributed by atoms with Crippen molar-refractivity contribution in [2.75, 3.05) is 14.1 Å². The van der Waals surface area contributed by atoms with Gasteiger partial charge in [-0.2, -0.15) is 0 Å². The van der Waals surface area contributed by atoms with Crippen LogP contribution in [0.1, 0.15) is 23.6 Å². The van der Waals surface area contributed by atoms with Gasteiger partial charge < -0.3 is 9.47 Å². The third kappa shape index (κ3) is 3.34. The SMILES string of the molecule is CCc1cccc2c(/C=C3\C(=O)N(C)C(=S)N3C)cn(Cc3ccc(F)cc3)c12. The molecule has 0 unspecified atom stereocenters. The van der Waals surface area contributed by atoms with Gasteiger partial charge in [0.25, 0.3) is 5.91 Å². The lowest BCUT2D eigenvalue weighted by Gasteiger charge is -2.10. The van der Waals surface area contributed by atoms with Crippen LogP contribution in [0.15, 0.2) is 54.4 Å². The highest BCUT2D eigenvalue weighted by Crippen LogP contribution is 2.30. The summed E-state index contributed by atoms with van der Waals surface area (Å²) in [6.45, 7) is 2.75. The highest BCUT2D eigenvalue weighted by molar-refractivity contribution is 7.80. The van der Waals surface area contributed by atoms with Gasteiger partial charge in [-0.25, -0.2) is 4.39 Å². The predicted molar refractivity (Wildman–Crippen MR) is 118 cm³/mol. The average Bonchev–Trinajstić information content (AvgIpc) is 3.16. The maximum atomic E-state index is 13.3. The van der Waals surface area contributed by atoms with Crippen molar-refractivity contribution in [1.82, 2.24) is 14.4 Å². The van der Waals surface area contributed by atoms with Crippen LogP contribution in [-0.4, -0.2) is 39.5 Å². The number of benzene rings is 2. The topological polar surface area (TPSA) is 28.5 Å². The molecule has 0 saturated carbocycles. The zero-order chi connectivity index (χ0) is 20.7. The van der Waals surface area contributed by atoms with Crippen molar-refractivity contribution in [2.24, 2.45) is 0 Å². The minimum Gasteiger partial charge on any atom is -0.342 e. The first-order chi connectivity index (χ1) is 13.9. The van der Waals surface area contributed by atoms with E-state index in [-0.39, 0.29) is 11.7 Å². The first-order valence-electron chi connectivity index (χ1n) is 9.53. The smallest absolute Gasteiger partial charge is 0.276 e. The Morgan fingerprint density at radius 2 is 1.79 bits per heavy atom. The molecule has 0 radical (unpaired) electrons. The second-order valence-electron chi connectivity index (χ2n) is 7.24. The Morgan fingerprint density at radius 3 is 2.41 bits per heavy atom. The highest BCUT2D eigenvalue weighted by Gasteiger charge is 2.33. The summed E-state index contributed by atoms with van der Waals surface area (Å²) in [7, 11) is 3.50. The fourth-order valence-electron chi connectivity index (χ4n) is 3.81. The zero-order valence-electron chi connectivity index (χ0n) is 16.6. The van der Waals surface area contributed by atoms with E-state index in [2.05, 4.69) is 29.8 Å². The zero-order valence-corrected chi connectivity index (χ0v) is 17.5. The van der Waals surface area contributed by atoms with Crippen molar-refractivity contribution in [2.45, 2.75) is 19.9 Å². The minimum absolute atomic E-state index is 0.108. The van der Waals surface area contributed by atoms with Crippen LogP contribution in [0.5, 0.6) is 0 Å². The standard InChI is InChI=1S/C23H22FN3OS/c1-4-16-6-5-7-19-17(12-20-22(28)26(3)23(29)25(20)2)14-27(21(16)19)13-15-8-10-18(24)11-9-15/h5-12,14H,4,13H2,1-3H3/b20-12+. The molecule has 1 aliphatic heterocycles. The molecule has 6 heteroatoms. The molecule has 4 rings (SSSR count). The van der Waals surface area contributed by atoms with Crippen LogP contribution in [0.25, 0.3) is 17.0 Å². The van der Waals surface area contributed by atoms with Crippen molar-refractivity contribution in [3.8, 4) is 0 Å². The molecule has 1 aliphatic rings. The number of carbonyl (C=O) groups excluding carboxylic acids is 1. The van der Waals surface area contributed by atoms with E-state index in [4.69, 9.17) is 12.2 Å². The number of para-hydroxylation sites is 1. The van der Waals surface area contributed by atoms with Crippen molar-refractivity contribution in [3.05, 3.63) is 76.9 Å². The molecule has 3 aromatic rings. The Kier molecular flexibility index (Phi) is 4.96. The van der Waals surface area contributed by atoms with Gasteiger partial charge >= 0.3 is 0 Å². The van der Waals surface area contributed by atoms with Crippen LogP contribution < -0.4 is 0 Å². The van der Waals surface area contributed by atoms with E-state index in [1.807, 2.05) is 19.2 Å². The Bertz CT molecular complexity index is 1150. The van der Waals surface area contributed by atoms with Crippen LogP contribution in [0.4, 0.5) is 4.39 Å². The Morgan fingerprint density at radius 1 is 1.07 bits per heavy atom. The number of likely N-dealkylation sites (N-methyl/N-ethyl adjacent to an activating group) is 2. The fourth-order valence-corrected chi connectivity index (χ4v) is 3.99.